The number of nitrogens with two attached hydrogens (primary N) is 1. The first-order chi connectivity index (χ1) is 13.4. The maximum absolute atomic E-state index is 11.4. The SMILES string of the molecule is CC[C@H]1/C(=N\OCCN)CC[C@@]2(C)C1[C@H](O)C[C@H]1[C@@H]3CC[C@H](O)[C@@]3(C)CC[C@@H]12. The molecule has 0 aromatic carbocycles. The van der Waals surface area contributed by atoms with Gasteiger partial charge in [0.05, 0.1) is 17.9 Å². The lowest BCUT2D eigenvalue weighted by atomic mass is 9.43. The van der Waals surface area contributed by atoms with Crippen LogP contribution in [0, 0.1) is 40.4 Å². The zero-order valence-corrected chi connectivity index (χ0v) is 17.9. The molecule has 4 aliphatic rings. The summed E-state index contributed by atoms with van der Waals surface area (Å²) in [6, 6.07) is 0. The lowest BCUT2D eigenvalue weighted by Gasteiger charge is -2.63. The number of hydrogen-bond acceptors (Lipinski definition) is 5. The summed E-state index contributed by atoms with van der Waals surface area (Å²) in [5, 5.41) is 26.5. The van der Waals surface area contributed by atoms with Crippen LogP contribution in [0.25, 0.3) is 0 Å². The minimum absolute atomic E-state index is 0.0611. The monoisotopic (exact) mass is 392 g/mol. The van der Waals surface area contributed by atoms with E-state index in [4.69, 9.17) is 10.6 Å². The van der Waals surface area contributed by atoms with Gasteiger partial charge in [0, 0.05) is 12.5 Å². The Morgan fingerprint density at radius 2 is 1.86 bits per heavy atom. The number of hydrogen-bond donors (Lipinski definition) is 3. The first kappa shape index (κ1) is 20.6. The van der Waals surface area contributed by atoms with E-state index in [1.165, 1.54) is 6.42 Å². The molecule has 0 saturated heterocycles. The molecule has 1 unspecified atom stereocenters. The molecule has 0 radical (unpaired) electrons. The Kier molecular flexibility index (Phi) is 5.56. The van der Waals surface area contributed by atoms with Crippen LogP contribution in [0.2, 0.25) is 0 Å². The summed E-state index contributed by atoms with van der Waals surface area (Å²) in [6.45, 7) is 7.91. The van der Waals surface area contributed by atoms with E-state index in [1.807, 2.05) is 0 Å². The van der Waals surface area contributed by atoms with Crippen LogP contribution < -0.4 is 5.73 Å². The van der Waals surface area contributed by atoms with Gasteiger partial charge >= 0.3 is 0 Å². The highest BCUT2D eigenvalue weighted by atomic mass is 16.6. The van der Waals surface area contributed by atoms with Gasteiger partial charge in [-0.15, -0.1) is 0 Å². The van der Waals surface area contributed by atoms with Crippen LogP contribution in [0.4, 0.5) is 0 Å². The molecule has 4 aliphatic carbocycles. The third-order valence-electron chi connectivity index (χ3n) is 9.54. The number of aliphatic hydroxyl groups excluding tert-OH is 2. The number of fused-ring (bicyclic) bond motifs is 5. The predicted octanol–water partition coefficient (Wildman–Crippen LogP) is 3.33. The summed E-state index contributed by atoms with van der Waals surface area (Å²) in [7, 11) is 0. The summed E-state index contributed by atoms with van der Waals surface area (Å²) >= 11 is 0. The van der Waals surface area contributed by atoms with E-state index in [0.717, 1.165) is 50.7 Å². The summed E-state index contributed by atoms with van der Waals surface area (Å²) in [5.41, 5.74) is 6.90. The molecule has 4 rings (SSSR count). The van der Waals surface area contributed by atoms with Crippen LogP contribution in [0.15, 0.2) is 5.16 Å². The fraction of sp³-hybridized carbons (Fsp3) is 0.957. The molecular weight excluding hydrogens is 352 g/mol. The molecule has 0 spiro atoms. The lowest BCUT2D eigenvalue weighted by Crippen LogP contribution is -2.60. The van der Waals surface area contributed by atoms with E-state index in [9.17, 15) is 10.2 Å². The molecule has 4 saturated carbocycles. The summed E-state index contributed by atoms with van der Waals surface area (Å²) in [6.07, 6.45) is 7.91. The highest BCUT2D eigenvalue weighted by Gasteiger charge is 2.63. The molecule has 5 heteroatoms. The van der Waals surface area contributed by atoms with Crippen LogP contribution in [-0.4, -0.2) is 41.3 Å². The van der Waals surface area contributed by atoms with Gasteiger partial charge in [0.1, 0.15) is 6.61 Å². The van der Waals surface area contributed by atoms with Gasteiger partial charge in [-0.3, -0.25) is 0 Å². The molecule has 0 bridgehead atoms. The van der Waals surface area contributed by atoms with Crippen molar-refractivity contribution in [2.45, 2.75) is 84.3 Å². The average molecular weight is 393 g/mol. The van der Waals surface area contributed by atoms with E-state index in [2.05, 4.69) is 25.9 Å². The normalized spacial score (nSPS) is 52.1. The molecule has 0 heterocycles. The van der Waals surface area contributed by atoms with Crippen molar-refractivity contribution in [1.29, 1.82) is 0 Å². The molecule has 28 heavy (non-hydrogen) atoms. The van der Waals surface area contributed by atoms with E-state index in [1.54, 1.807) is 0 Å². The first-order valence-electron chi connectivity index (χ1n) is 11.6. The van der Waals surface area contributed by atoms with E-state index in [-0.39, 0.29) is 29.0 Å². The minimum atomic E-state index is -0.281. The molecule has 0 aliphatic heterocycles. The topological polar surface area (TPSA) is 88.1 Å². The van der Waals surface area contributed by atoms with Gasteiger partial charge in [0.15, 0.2) is 0 Å². The van der Waals surface area contributed by atoms with Gasteiger partial charge in [-0.2, -0.15) is 0 Å². The summed E-state index contributed by atoms with van der Waals surface area (Å²) in [5.74, 6) is 2.34. The molecule has 4 N–H and O–H groups in total. The van der Waals surface area contributed by atoms with Gasteiger partial charge in [0.25, 0.3) is 0 Å². The van der Waals surface area contributed by atoms with Crippen molar-refractivity contribution < 1.29 is 15.1 Å². The zero-order chi connectivity index (χ0) is 20.1. The third-order valence-corrected chi connectivity index (χ3v) is 9.54. The predicted molar refractivity (Wildman–Crippen MR) is 111 cm³/mol. The molecule has 0 amide bonds. The second-order valence-electron chi connectivity index (χ2n) is 10.6. The van der Waals surface area contributed by atoms with Crippen molar-refractivity contribution in [2.75, 3.05) is 13.2 Å². The van der Waals surface area contributed by atoms with Gasteiger partial charge in [-0.05, 0) is 85.9 Å². The molecule has 160 valence electrons. The molecule has 5 nitrogen and oxygen atoms in total. The van der Waals surface area contributed by atoms with Crippen LogP contribution in [-0.2, 0) is 4.84 Å². The maximum atomic E-state index is 11.4. The number of rotatable bonds is 4. The summed E-state index contributed by atoms with van der Waals surface area (Å²) < 4.78 is 0. The molecule has 0 aromatic rings. The van der Waals surface area contributed by atoms with E-state index < -0.39 is 0 Å². The standard InChI is InChI=1S/C23H40N2O3/c1-4-14-18(25-28-12-11-24)8-10-23(3)17-7-9-22(2)16(5-6-20(22)27)15(17)13-19(26)21(14)23/h14-17,19-21,26-27H,4-13,24H2,1-3H3/b25-18-/t14-,15-,16-,17-,19+,20-,21?,22-,23+/m0/s1. The van der Waals surface area contributed by atoms with Gasteiger partial charge in [0.2, 0.25) is 0 Å². The summed E-state index contributed by atoms with van der Waals surface area (Å²) in [4.78, 5) is 5.44. The highest BCUT2D eigenvalue weighted by molar-refractivity contribution is 5.87. The van der Waals surface area contributed by atoms with Gasteiger partial charge < -0.3 is 20.8 Å². The van der Waals surface area contributed by atoms with Gasteiger partial charge in [-0.1, -0.05) is 25.9 Å². The molecular formula is C23H40N2O3. The van der Waals surface area contributed by atoms with Gasteiger partial charge in [-0.25, -0.2) is 0 Å². The highest BCUT2D eigenvalue weighted by Crippen LogP contribution is 2.66. The Hall–Kier alpha value is -0.650. The minimum Gasteiger partial charge on any atom is -0.394 e. The Bertz CT molecular complexity index is 611. The largest absolute Gasteiger partial charge is 0.394 e. The molecule has 4 fully saturated rings. The number of nitrogens with zero attached hydrogens (tertiary/aromatic N) is 1. The second-order valence-corrected chi connectivity index (χ2v) is 10.6. The van der Waals surface area contributed by atoms with Crippen molar-refractivity contribution in [2.24, 2.45) is 51.3 Å². The fourth-order valence-electron chi connectivity index (χ4n) is 8.17. The van der Waals surface area contributed by atoms with Crippen LogP contribution in [0.5, 0.6) is 0 Å². The van der Waals surface area contributed by atoms with Crippen molar-refractivity contribution in [1.82, 2.24) is 0 Å². The Balaban J connectivity index is 1.62. The van der Waals surface area contributed by atoms with E-state index in [0.29, 0.717) is 36.8 Å². The van der Waals surface area contributed by atoms with Crippen molar-refractivity contribution >= 4 is 5.71 Å². The van der Waals surface area contributed by atoms with Crippen LogP contribution >= 0.6 is 0 Å². The Morgan fingerprint density at radius 3 is 2.57 bits per heavy atom. The number of aliphatic hydroxyl groups is 2. The Labute approximate surface area is 170 Å². The molecule has 9 atom stereocenters. The van der Waals surface area contributed by atoms with Crippen LogP contribution in [0.3, 0.4) is 0 Å². The fourth-order valence-corrected chi connectivity index (χ4v) is 8.17. The zero-order valence-electron chi connectivity index (χ0n) is 17.9. The lowest BCUT2D eigenvalue weighted by molar-refractivity contribution is -0.164. The van der Waals surface area contributed by atoms with E-state index >= 15 is 0 Å². The first-order valence-corrected chi connectivity index (χ1v) is 11.6. The number of oxime groups is 1. The quantitative estimate of drug-likeness (QED) is 0.506. The van der Waals surface area contributed by atoms with Crippen molar-refractivity contribution in [3.63, 3.8) is 0 Å². The van der Waals surface area contributed by atoms with Crippen molar-refractivity contribution in [3.8, 4) is 0 Å². The van der Waals surface area contributed by atoms with Crippen molar-refractivity contribution in [3.05, 3.63) is 0 Å². The maximum Gasteiger partial charge on any atom is 0.129 e. The third kappa shape index (κ3) is 2.95. The molecule has 0 aromatic heterocycles. The smallest absolute Gasteiger partial charge is 0.129 e. The second kappa shape index (κ2) is 7.55. The Morgan fingerprint density at radius 1 is 1.11 bits per heavy atom. The van der Waals surface area contributed by atoms with Crippen LogP contribution in [0.1, 0.15) is 72.1 Å². The average Bonchev–Trinajstić information content (AvgIpc) is 2.97.